The van der Waals surface area contributed by atoms with Gasteiger partial charge < -0.3 is 15.0 Å². The van der Waals surface area contributed by atoms with Gasteiger partial charge in [0.2, 0.25) is 11.8 Å². The molecule has 1 atom stereocenters. The minimum atomic E-state index is -0.339. The van der Waals surface area contributed by atoms with Gasteiger partial charge in [0.1, 0.15) is 6.04 Å². The monoisotopic (exact) mass is 212 g/mol. The first-order chi connectivity index (χ1) is 7.20. The second-order valence-corrected chi connectivity index (χ2v) is 4.04. The van der Waals surface area contributed by atoms with E-state index in [0.717, 1.165) is 12.8 Å². The van der Waals surface area contributed by atoms with E-state index in [1.54, 1.807) is 11.8 Å². The number of piperazine rings is 1. The Morgan fingerprint density at radius 2 is 2.00 bits per heavy atom. The van der Waals surface area contributed by atoms with Crippen LogP contribution in [0.4, 0.5) is 0 Å². The Kier molecular flexibility index (Phi) is 2.90. The summed E-state index contributed by atoms with van der Waals surface area (Å²) in [5, 5.41) is 2.59. The highest BCUT2D eigenvalue weighted by Crippen LogP contribution is 2.19. The van der Waals surface area contributed by atoms with Crippen LogP contribution in [0, 0.1) is 0 Å². The zero-order chi connectivity index (χ0) is 10.8. The Hall–Kier alpha value is -1.10. The maximum atomic E-state index is 11.7. The molecule has 0 spiro atoms. The minimum Gasteiger partial charge on any atom is -0.381 e. The average molecular weight is 212 g/mol. The molecule has 0 aromatic heterocycles. The molecule has 2 saturated heterocycles. The summed E-state index contributed by atoms with van der Waals surface area (Å²) in [5.41, 5.74) is 0. The number of hydrogen-bond acceptors (Lipinski definition) is 3. The highest BCUT2D eigenvalue weighted by molar-refractivity contribution is 5.94. The van der Waals surface area contributed by atoms with E-state index in [2.05, 4.69) is 5.32 Å². The number of nitrogens with zero attached hydrogens (tertiary/aromatic N) is 1. The summed E-state index contributed by atoms with van der Waals surface area (Å²) < 4.78 is 5.25. The summed E-state index contributed by atoms with van der Waals surface area (Å²) in [6.45, 7) is 3.29. The van der Waals surface area contributed by atoms with Crippen LogP contribution < -0.4 is 5.32 Å². The van der Waals surface area contributed by atoms with Crippen LogP contribution >= 0.6 is 0 Å². The van der Waals surface area contributed by atoms with Gasteiger partial charge in [-0.25, -0.2) is 0 Å². The van der Waals surface area contributed by atoms with E-state index in [-0.39, 0.29) is 30.4 Å². The van der Waals surface area contributed by atoms with Crippen molar-refractivity contribution < 1.29 is 14.3 Å². The molecule has 0 aromatic rings. The molecule has 0 radical (unpaired) electrons. The second-order valence-electron chi connectivity index (χ2n) is 4.04. The van der Waals surface area contributed by atoms with Crippen molar-refractivity contribution in [2.45, 2.75) is 31.8 Å². The molecule has 5 heteroatoms. The van der Waals surface area contributed by atoms with Crippen molar-refractivity contribution in [3.8, 4) is 0 Å². The fraction of sp³-hybridized carbons (Fsp3) is 0.800. The minimum absolute atomic E-state index is 0.0222. The van der Waals surface area contributed by atoms with Gasteiger partial charge in [-0.3, -0.25) is 9.59 Å². The molecule has 0 bridgehead atoms. The molecule has 0 aliphatic carbocycles. The van der Waals surface area contributed by atoms with Crippen LogP contribution in [0.5, 0.6) is 0 Å². The van der Waals surface area contributed by atoms with Gasteiger partial charge >= 0.3 is 0 Å². The predicted molar refractivity (Wildman–Crippen MR) is 53.2 cm³/mol. The van der Waals surface area contributed by atoms with Gasteiger partial charge in [0, 0.05) is 19.3 Å². The molecular formula is C10H16N2O3. The Morgan fingerprint density at radius 1 is 1.33 bits per heavy atom. The summed E-state index contributed by atoms with van der Waals surface area (Å²) in [6, 6.07) is -0.165. The standard InChI is InChI=1S/C10H16N2O3/c1-7-10(14)11-6-9(13)12(7)8-2-4-15-5-3-8/h7-8H,2-6H2,1H3,(H,11,14). The Morgan fingerprint density at radius 3 is 2.67 bits per heavy atom. The number of hydrogen-bond donors (Lipinski definition) is 1. The highest BCUT2D eigenvalue weighted by Gasteiger charge is 2.36. The van der Waals surface area contributed by atoms with Crippen LogP contribution in [-0.2, 0) is 14.3 Å². The van der Waals surface area contributed by atoms with E-state index >= 15 is 0 Å². The van der Waals surface area contributed by atoms with Crippen LogP contribution in [0.1, 0.15) is 19.8 Å². The first-order valence-corrected chi connectivity index (χ1v) is 5.37. The molecular weight excluding hydrogens is 196 g/mol. The number of ether oxygens (including phenoxy) is 1. The van der Waals surface area contributed by atoms with Gasteiger partial charge in [-0.05, 0) is 19.8 Å². The summed E-state index contributed by atoms with van der Waals surface area (Å²) in [7, 11) is 0. The van der Waals surface area contributed by atoms with E-state index in [1.807, 2.05) is 0 Å². The van der Waals surface area contributed by atoms with Gasteiger partial charge in [0.25, 0.3) is 0 Å². The van der Waals surface area contributed by atoms with E-state index < -0.39 is 0 Å². The molecule has 2 rings (SSSR count). The molecule has 2 aliphatic heterocycles. The first kappa shape index (κ1) is 10.4. The maximum absolute atomic E-state index is 11.7. The van der Waals surface area contributed by atoms with Gasteiger partial charge in [-0.15, -0.1) is 0 Å². The van der Waals surface area contributed by atoms with Crippen molar-refractivity contribution in [2.75, 3.05) is 19.8 Å². The molecule has 2 heterocycles. The van der Waals surface area contributed by atoms with E-state index in [9.17, 15) is 9.59 Å². The largest absolute Gasteiger partial charge is 0.381 e. The SMILES string of the molecule is CC1C(=O)NCC(=O)N1C1CCOCC1. The van der Waals surface area contributed by atoms with E-state index in [1.165, 1.54) is 0 Å². The molecule has 1 N–H and O–H groups in total. The third kappa shape index (κ3) is 1.97. The van der Waals surface area contributed by atoms with Crippen molar-refractivity contribution in [3.05, 3.63) is 0 Å². The molecule has 1 unspecified atom stereocenters. The quantitative estimate of drug-likeness (QED) is 0.638. The summed E-state index contributed by atoms with van der Waals surface area (Å²) in [5.74, 6) is -0.0323. The van der Waals surface area contributed by atoms with Gasteiger partial charge in [0.05, 0.1) is 6.54 Å². The number of carbonyl (C=O) groups is 2. The Labute approximate surface area is 88.8 Å². The van der Waals surface area contributed by atoms with Gasteiger partial charge in [0.15, 0.2) is 0 Å². The lowest BCUT2D eigenvalue weighted by atomic mass is 10.0. The van der Waals surface area contributed by atoms with Crippen molar-refractivity contribution in [1.82, 2.24) is 10.2 Å². The molecule has 84 valence electrons. The zero-order valence-electron chi connectivity index (χ0n) is 8.86. The number of amides is 2. The summed E-state index contributed by atoms with van der Waals surface area (Å²) in [4.78, 5) is 24.9. The smallest absolute Gasteiger partial charge is 0.242 e. The van der Waals surface area contributed by atoms with Crippen LogP contribution in [0.25, 0.3) is 0 Å². The number of nitrogens with one attached hydrogen (secondary N) is 1. The van der Waals surface area contributed by atoms with E-state index in [0.29, 0.717) is 13.2 Å². The third-order valence-corrected chi connectivity index (χ3v) is 3.08. The average Bonchev–Trinajstić information content (AvgIpc) is 2.26. The fourth-order valence-corrected chi connectivity index (χ4v) is 2.23. The lowest BCUT2D eigenvalue weighted by molar-refractivity contribution is -0.149. The summed E-state index contributed by atoms with van der Waals surface area (Å²) >= 11 is 0. The summed E-state index contributed by atoms with van der Waals surface area (Å²) in [6.07, 6.45) is 1.67. The molecule has 2 aliphatic rings. The number of carbonyl (C=O) groups excluding carboxylic acids is 2. The number of rotatable bonds is 1. The van der Waals surface area contributed by atoms with Gasteiger partial charge in [-0.2, -0.15) is 0 Å². The third-order valence-electron chi connectivity index (χ3n) is 3.08. The van der Waals surface area contributed by atoms with Gasteiger partial charge in [-0.1, -0.05) is 0 Å². The zero-order valence-corrected chi connectivity index (χ0v) is 8.86. The molecule has 0 saturated carbocycles. The second kappa shape index (κ2) is 4.18. The molecule has 2 amide bonds. The van der Waals surface area contributed by atoms with Crippen molar-refractivity contribution in [2.24, 2.45) is 0 Å². The van der Waals surface area contributed by atoms with E-state index in [4.69, 9.17) is 4.74 Å². The normalized spacial score (nSPS) is 29.1. The lowest BCUT2D eigenvalue weighted by Crippen LogP contribution is -2.61. The van der Waals surface area contributed by atoms with Crippen molar-refractivity contribution in [1.29, 1.82) is 0 Å². The van der Waals surface area contributed by atoms with Crippen LogP contribution in [-0.4, -0.2) is 48.6 Å². The predicted octanol–water partition coefficient (Wildman–Crippen LogP) is -0.488. The molecule has 5 nitrogen and oxygen atoms in total. The highest BCUT2D eigenvalue weighted by atomic mass is 16.5. The maximum Gasteiger partial charge on any atom is 0.242 e. The van der Waals surface area contributed by atoms with Crippen LogP contribution in [0.15, 0.2) is 0 Å². The topological polar surface area (TPSA) is 58.6 Å². The molecule has 2 fully saturated rings. The van der Waals surface area contributed by atoms with Crippen LogP contribution in [0.2, 0.25) is 0 Å². The molecule has 0 aromatic carbocycles. The molecule has 15 heavy (non-hydrogen) atoms. The first-order valence-electron chi connectivity index (χ1n) is 5.37. The lowest BCUT2D eigenvalue weighted by Gasteiger charge is -2.40. The Balaban J connectivity index is 2.09. The Bertz CT molecular complexity index is 274. The van der Waals surface area contributed by atoms with Crippen molar-refractivity contribution in [3.63, 3.8) is 0 Å². The fourth-order valence-electron chi connectivity index (χ4n) is 2.23. The van der Waals surface area contributed by atoms with Crippen molar-refractivity contribution >= 4 is 11.8 Å². The van der Waals surface area contributed by atoms with Crippen LogP contribution in [0.3, 0.4) is 0 Å².